The van der Waals surface area contributed by atoms with Gasteiger partial charge in [-0.15, -0.1) is 0 Å². The lowest BCUT2D eigenvalue weighted by molar-refractivity contribution is -0.124. The first kappa shape index (κ1) is 24.8. The molecule has 0 radical (unpaired) electrons. The first-order valence-corrected chi connectivity index (χ1v) is 12.1. The summed E-state index contributed by atoms with van der Waals surface area (Å²) in [4.78, 5) is 31.1. The zero-order chi connectivity index (χ0) is 26.6. The number of carbonyl (C=O) groups excluding carboxylic acids is 2. The summed E-state index contributed by atoms with van der Waals surface area (Å²) < 4.78 is 22.3. The minimum absolute atomic E-state index is 0.277. The van der Waals surface area contributed by atoms with Crippen molar-refractivity contribution in [1.29, 1.82) is 0 Å². The number of oxazole rings is 1. The zero-order valence-electron chi connectivity index (χ0n) is 21.2. The first-order valence-electron chi connectivity index (χ1n) is 12.1. The molecular formula is C30H26N2O6. The van der Waals surface area contributed by atoms with Crippen molar-refractivity contribution in [2.24, 2.45) is 0 Å². The third-order valence-electron chi connectivity index (χ3n) is 6.23. The lowest BCUT2D eigenvalue weighted by Crippen LogP contribution is -2.32. The van der Waals surface area contributed by atoms with Gasteiger partial charge in [0.05, 0.1) is 25.5 Å². The summed E-state index contributed by atoms with van der Waals surface area (Å²) in [6.45, 7) is 1.77. The minimum atomic E-state index is -1.03. The highest BCUT2D eigenvalue weighted by Gasteiger charge is 2.25. The van der Waals surface area contributed by atoms with E-state index in [2.05, 4.69) is 10.3 Å². The first-order chi connectivity index (χ1) is 18.5. The van der Waals surface area contributed by atoms with Gasteiger partial charge in [0.2, 0.25) is 5.89 Å². The number of nitrogens with zero attached hydrogens (tertiary/aromatic N) is 1. The molecule has 0 fully saturated rings. The van der Waals surface area contributed by atoms with Crippen LogP contribution < -0.4 is 14.8 Å². The van der Waals surface area contributed by atoms with Crippen LogP contribution in [0.5, 0.6) is 11.5 Å². The van der Waals surface area contributed by atoms with E-state index < -0.39 is 18.0 Å². The van der Waals surface area contributed by atoms with E-state index in [9.17, 15) is 9.59 Å². The molecule has 0 aliphatic heterocycles. The molecule has 5 aromatic rings. The van der Waals surface area contributed by atoms with E-state index in [4.69, 9.17) is 18.6 Å². The van der Waals surface area contributed by atoms with Crippen LogP contribution in [0.2, 0.25) is 0 Å². The molecule has 192 valence electrons. The minimum Gasteiger partial charge on any atom is -0.497 e. The van der Waals surface area contributed by atoms with Crippen molar-refractivity contribution in [2.45, 2.75) is 19.4 Å². The Morgan fingerprint density at radius 1 is 0.947 bits per heavy atom. The molecule has 1 atom stereocenters. The molecule has 4 aromatic carbocycles. The van der Waals surface area contributed by atoms with E-state index in [0.29, 0.717) is 45.2 Å². The normalized spacial score (nSPS) is 11.8. The molecule has 1 aromatic heterocycles. The van der Waals surface area contributed by atoms with Crippen LogP contribution in [0.25, 0.3) is 33.3 Å². The number of esters is 1. The van der Waals surface area contributed by atoms with Gasteiger partial charge in [-0.2, -0.15) is 0 Å². The second kappa shape index (κ2) is 10.6. The number of para-hydroxylation sites is 2. The molecule has 8 nitrogen and oxygen atoms in total. The van der Waals surface area contributed by atoms with Crippen LogP contribution in [-0.2, 0) is 9.53 Å². The van der Waals surface area contributed by atoms with Crippen LogP contribution in [0, 0.1) is 0 Å². The van der Waals surface area contributed by atoms with Gasteiger partial charge < -0.3 is 23.9 Å². The van der Waals surface area contributed by atoms with E-state index in [1.807, 2.05) is 48.5 Å². The Labute approximate surface area is 219 Å². The number of rotatable bonds is 8. The number of amides is 1. The van der Waals surface area contributed by atoms with E-state index >= 15 is 0 Å². The molecule has 8 heteroatoms. The molecular weight excluding hydrogens is 484 g/mol. The van der Waals surface area contributed by atoms with E-state index in [-0.39, 0.29) is 6.42 Å². The number of ether oxygens (including phenoxy) is 3. The number of anilines is 1. The Bertz CT molecular complexity index is 1600. The summed E-state index contributed by atoms with van der Waals surface area (Å²) in [5.41, 5.74) is 2.78. The van der Waals surface area contributed by atoms with Gasteiger partial charge in [0.25, 0.3) is 5.91 Å². The lowest BCUT2D eigenvalue weighted by Gasteiger charge is -2.18. The fourth-order valence-corrected chi connectivity index (χ4v) is 4.31. The molecule has 0 spiro atoms. The van der Waals surface area contributed by atoms with Gasteiger partial charge in [-0.25, -0.2) is 9.78 Å². The number of carbonyl (C=O) groups is 2. The van der Waals surface area contributed by atoms with Gasteiger partial charge in [0.15, 0.2) is 11.7 Å². The third kappa shape index (κ3) is 4.76. The fourth-order valence-electron chi connectivity index (χ4n) is 4.31. The molecule has 1 heterocycles. The standard InChI is InChI=1S/C30H26N2O6/c1-4-24(28(33)31-23-16-15-19(35-2)17-26(23)36-3)38-30(34)21-12-8-10-18-9-7-11-20(27(18)21)29-32-22-13-5-6-14-25(22)37-29/h5-17,24H,4H2,1-3H3,(H,31,33). The third-order valence-corrected chi connectivity index (χ3v) is 6.23. The topological polar surface area (TPSA) is 99.9 Å². The van der Waals surface area contributed by atoms with Gasteiger partial charge in [-0.3, -0.25) is 4.79 Å². The maximum atomic E-state index is 13.5. The van der Waals surface area contributed by atoms with Crippen LogP contribution in [0.15, 0.2) is 83.3 Å². The number of fused-ring (bicyclic) bond motifs is 2. The average molecular weight is 511 g/mol. The van der Waals surface area contributed by atoms with Gasteiger partial charge in [0.1, 0.15) is 17.0 Å². The van der Waals surface area contributed by atoms with Crippen LogP contribution in [0.1, 0.15) is 23.7 Å². The molecule has 1 amide bonds. The second-order valence-corrected chi connectivity index (χ2v) is 8.55. The molecule has 38 heavy (non-hydrogen) atoms. The summed E-state index contributed by atoms with van der Waals surface area (Å²) in [6.07, 6.45) is -0.750. The summed E-state index contributed by atoms with van der Waals surface area (Å²) in [7, 11) is 3.04. The number of hydrogen-bond acceptors (Lipinski definition) is 7. The number of nitrogens with one attached hydrogen (secondary N) is 1. The van der Waals surface area contributed by atoms with Gasteiger partial charge in [0, 0.05) is 17.0 Å². The maximum Gasteiger partial charge on any atom is 0.339 e. The highest BCUT2D eigenvalue weighted by atomic mass is 16.5. The van der Waals surface area contributed by atoms with E-state index in [1.54, 1.807) is 44.4 Å². The largest absolute Gasteiger partial charge is 0.497 e. The molecule has 1 unspecified atom stereocenters. The van der Waals surface area contributed by atoms with Crippen molar-refractivity contribution < 1.29 is 28.2 Å². The fraction of sp³-hybridized carbons (Fsp3) is 0.167. The smallest absolute Gasteiger partial charge is 0.339 e. The van der Waals surface area contributed by atoms with Crippen LogP contribution in [0.4, 0.5) is 5.69 Å². The molecule has 5 rings (SSSR count). The summed E-state index contributed by atoms with van der Waals surface area (Å²) in [5, 5.41) is 4.24. The number of methoxy groups -OCH3 is 2. The second-order valence-electron chi connectivity index (χ2n) is 8.55. The van der Waals surface area contributed by atoms with E-state index in [1.165, 1.54) is 7.11 Å². The quantitative estimate of drug-likeness (QED) is 0.247. The SMILES string of the molecule is CCC(OC(=O)c1cccc2cccc(-c3nc4ccccc4o3)c12)C(=O)Nc1ccc(OC)cc1OC. The van der Waals surface area contributed by atoms with Crippen molar-refractivity contribution in [3.63, 3.8) is 0 Å². The van der Waals surface area contributed by atoms with Crippen molar-refractivity contribution in [1.82, 2.24) is 4.98 Å². The predicted molar refractivity (Wildman–Crippen MR) is 145 cm³/mol. The highest BCUT2D eigenvalue weighted by molar-refractivity contribution is 6.11. The highest BCUT2D eigenvalue weighted by Crippen LogP contribution is 2.34. The van der Waals surface area contributed by atoms with Crippen molar-refractivity contribution in [3.05, 3.63) is 84.4 Å². The molecule has 0 bridgehead atoms. The van der Waals surface area contributed by atoms with Crippen molar-refractivity contribution in [2.75, 3.05) is 19.5 Å². The van der Waals surface area contributed by atoms with Crippen LogP contribution in [-0.4, -0.2) is 37.2 Å². The Hall–Kier alpha value is -4.85. The molecule has 0 saturated carbocycles. The van der Waals surface area contributed by atoms with Crippen molar-refractivity contribution >= 4 is 39.4 Å². The molecule has 0 aliphatic carbocycles. The van der Waals surface area contributed by atoms with Gasteiger partial charge >= 0.3 is 5.97 Å². The lowest BCUT2D eigenvalue weighted by atomic mass is 9.99. The Balaban J connectivity index is 1.45. The van der Waals surface area contributed by atoms with Gasteiger partial charge in [-0.05, 0) is 48.2 Å². The molecule has 0 aliphatic rings. The van der Waals surface area contributed by atoms with Crippen LogP contribution in [0.3, 0.4) is 0 Å². The number of hydrogen-bond donors (Lipinski definition) is 1. The monoisotopic (exact) mass is 510 g/mol. The number of benzene rings is 4. The average Bonchev–Trinajstić information content (AvgIpc) is 3.39. The zero-order valence-corrected chi connectivity index (χ0v) is 21.2. The molecule has 1 N–H and O–H groups in total. The van der Waals surface area contributed by atoms with Crippen LogP contribution >= 0.6 is 0 Å². The predicted octanol–water partition coefficient (Wildman–Crippen LogP) is 6.24. The summed E-state index contributed by atoms with van der Waals surface area (Å²) >= 11 is 0. The van der Waals surface area contributed by atoms with Gasteiger partial charge in [-0.1, -0.05) is 43.3 Å². The Morgan fingerprint density at radius 2 is 1.74 bits per heavy atom. The Kier molecular flexibility index (Phi) is 6.95. The summed E-state index contributed by atoms with van der Waals surface area (Å²) in [6, 6.07) is 23.5. The van der Waals surface area contributed by atoms with Crippen molar-refractivity contribution in [3.8, 4) is 23.0 Å². The van der Waals surface area contributed by atoms with E-state index in [0.717, 1.165) is 10.9 Å². The molecule has 0 saturated heterocycles. The maximum absolute atomic E-state index is 13.5. The Morgan fingerprint density at radius 3 is 2.47 bits per heavy atom. The number of aromatic nitrogens is 1. The summed E-state index contributed by atoms with van der Waals surface area (Å²) in [5.74, 6) is 0.319.